The normalized spacial score (nSPS) is 13.3. The standard InChI is InChI=1S/C12H15Cl2FN2O2.ClH/c1-6(17-12(18)9(16)5-19-2)10-7(13)3-4-8(15)11(10)14;/h3-4,6,9H,5,16H2,1-2H3,(H,17,18);1H. The number of hydrogen-bond acceptors (Lipinski definition) is 3. The van der Waals surface area contributed by atoms with Gasteiger partial charge in [0.05, 0.1) is 17.7 Å². The molecule has 2 atom stereocenters. The van der Waals surface area contributed by atoms with Crippen molar-refractivity contribution < 1.29 is 13.9 Å². The van der Waals surface area contributed by atoms with E-state index in [0.717, 1.165) is 0 Å². The van der Waals surface area contributed by atoms with E-state index in [1.165, 1.54) is 19.2 Å². The number of amides is 1. The summed E-state index contributed by atoms with van der Waals surface area (Å²) in [6.45, 7) is 1.73. The summed E-state index contributed by atoms with van der Waals surface area (Å²) in [6.07, 6.45) is 0. The van der Waals surface area contributed by atoms with Crippen molar-refractivity contribution in [3.05, 3.63) is 33.6 Å². The minimum Gasteiger partial charge on any atom is -0.383 e. The number of nitrogens with one attached hydrogen (secondary N) is 1. The van der Waals surface area contributed by atoms with Gasteiger partial charge >= 0.3 is 0 Å². The SMILES string of the molecule is COCC(N)C(=O)NC(C)c1c(Cl)ccc(F)c1Cl.Cl. The lowest BCUT2D eigenvalue weighted by molar-refractivity contribution is -0.124. The summed E-state index contributed by atoms with van der Waals surface area (Å²) >= 11 is 11.8. The minimum absolute atomic E-state index is 0. The van der Waals surface area contributed by atoms with Gasteiger partial charge in [-0.3, -0.25) is 4.79 Å². The van der Waals surface area contributed by atoms with Crippen molar-refractivity contribution in [1.82, 2.24) is 5.32 Å². The highest BCUT2D eigenvalue weighted by molar-refractivity contribution is 6.36. The van der Waals surface area contributed by atoms with E-state index in [4.69, 9.17) is 33.7 Å². The quantitative estimate of drug-likeness (QED) is 0.807. The molecule has 2 unspecified atom stereocenters. The number of nitrogens with two attached hydrogens (primary N) is 1. The molecule has 0 radical (unpaired) electrons. The van der Waals surface area contributed by atoms with Crippen LogP contribution < -0.4 is 11.1 Å². The van der Waals surface area contributed by atoms with Gasteiger partial charge in [0, 0.05) is 17.7 Å². The highest BCUT2D eigenvalue weighted by Crippen LogP contribution is 2.32. The number of halogens is 4. The molecule has 0 aliphatic carbocycles. The van der Waals surface area contributed by atoms with Crippen molar-refractivity contribution in [1.29, 1.82) is 0 Å². The van der Waals surface area contributed by atoms with Gasteiger partial charge in [-0.2, -0.15) is 0 Å². The maximum atomic E-state index is 13.4. The largest absolute Gasteiger partial charge is 0.383 e. The zero-order valence-electron chi connectivity index (χ0n) is 11.0. The van der Waals surface area contributed by atoms with Crippen LogP contribution in [0.4, 0.5) is 4.39 Å². The lowest BCUT2D eigenvalue weighted by Crippen LogP contribution is -2.44. The van der Waals surface area contributed by atoms with Gasteiger partial charge in [-0.1, -0.05) is 23.2 Å². The van der Waals surface area contributed by atoms with Gasteiger partial charge in [0.2, 0.25) is 5.91 Å². The van der Waals surface area contributed by atoms with Gasteiger partial charge in [-0.25, -0.2) is 4.39 Å². The molecule has 1 amide bonds. The smallest absolute Gasteiger partial charge is 0.239 e. The van der Waals surface area contributed by atoms with Crippen LogP contribution in [0.1, 0.15) is 18.5 Å². The molecule has 0 bridgehead atoms. The fourth-order valence-electron chi connectivity index (χ4n) is 1.59. The number of methoxy groups -OCH3 is 1. The number of hydrogen-bond donors (Lipinski definition) is 2. The van der Waals surface area contributed by atoms with Crippen molar-refractivity contribution in [2.45, 2.75) is 19.0 Å². The molecule has 0 aliphatic rings. The predicted molar refractivity (Wildman–Crippen MR) is 80.1 cm³/mol. The molecule has 3 N–H and O–H groups in total. The fourth-order valence-corrected chi connectivity index (χ4v) is 2.29. The number of benzene rings is 1. The molecule has 0 saturated carbocycles. The number of ether oxygens (including phenoxy) is 1. The molecule has 0 aliphatic heterocycles. The summed E-state index contributed by atoms with van der Waals surface area (Å²) in [7, 11) is 1.44. The van der Waals surface area contributed by atoms with Crippen LogP contribution in [0.3, 0.4) is 0 Å². The molecule has 0 spiro atoms. The highest BCUT2D eigenvalue weighted by atomic mass is 35.5. The van der Waals surface area contributed by atoms with Crippen LogP contribution in [0, 0.1) is 5.82 Å². The molecule has 0 heterocycles. The Bertz CT molecular complexity index is 474. The third kappa shape index (κ3) is 4.75. The molecule has 1 rings (SSSR count). The summed E-state index contributed by atoms with van der Waals surface area (Å²) in [5.41, 5.74) is 5.90. The number of carbonyl (C=O) groups is 1. The first-order chi connectivity index (χ1) is 8.88. The fraction of sp³-hybridized carbons (Fsp3) is 0.417. The van der Waals surface area contributed by atoms with Crippen molar-refractivity contribution in [2.24, 2.45) is 5.73 Å². The third-order valence-corrected chi connectivity index (χ3v) is 3.27. The van der Waals surface area contributed by atoms with Crippen LogP contribution in [0.2, 0.25) is 10.0 Å². The first kappa shape index (κ1) is 19.4. The Labute approximate surface area is 133 Å². The highest BCUT2D eigenvalue weighted by Gasteiger charge is 2.21. The van der Waals surface area contributed by atoms with Crippen LogP contribution in [0.25, 0.3) is 0 Å². The Hall–Kier alpha value is -0.590. The lowest BCUT2D eigenvalue weighted by atomic mass is 10.1. The summed E-state index contributed by atoms with van der Waals surface area (Å²) in [5, 5.41) is 2.78. The maximum Gasteiger partial charge on any atom is 0.239 e. The Kier molecular flexibility index (Phi) is 8.39. The van der Waals surface area contributed by atoms with Crippen molar-refractivity contribution in [2.75, 3.05) is 13.7 Å². The monoisotopic (exact) mass is 344 g/mol. The predicted octanol–water partition coefficient (Wildman–Crippen LogP) is 2.71. The second-order valence-electron chi connectivity index (χ2n) is 4.05. The summed E-state index contributed by atoms with van der Waals surface area (Å²) in [6, 6.07) is 1.18. The van der Waals surface area contributed by atoms with Crippen LogP contribution in [-0.2, 0) is 9.53 Å². The minimum atomic E-state index is -0.807. The van der Waals surface area contributed by atoms with Gasteiger partial charge < -0.3 is 15.8 Å². The van der Waals surface area contributed by atoms with Crippen molar-refractivity contribution in [3.8, 4) is 0 Å². The molecule has 1 aromatic rings. The second-order valence-corrected chi connectivity index (χ2v) is 4.83. The Morgan fingerprint density at radius 2 is 2.10 bits per heavy atom. The summed E-state index contributed by atoms with van der Waals surface area (Å²) in [4.78, 5) is 11.7. The van der Waals surface area contributed by atoms with E-state index in [0.29, 0.717) is 5.56 Å². The van der Waals surface area contributed by atoms with E-state index in [1.807, 2.05) is 0 Å². The van der Waals surface area contributed by atoms with Crippen LogP contribution >= 0.6 is 35.6 Å². The average Bonchev–Trinajstić information content (AvgIpc) is 2.34. The summed E-state index contributed by atoms with van der Waals surface area (Å²) in [5.74, 6) is -1.02. The van der Waals surface area contributed by atoms with E-state index in [1.54, 1.807) is 6.92 Å². The van der Waals surface area contributed by atoms with E-state index in [-0.39, 0.29) is 29.1 Å². The number of carbonyl (C=O) groups excluding carboxylic acids is 1. The molecule has 20 heavy (non-hydrogen) atoms. The Balaban J connectivity index is 0.00000361. The van der Waals surface area contributed by atoms with E-state index in [9.17, 15) is 9.18 Å². The molecule has 1 aromatic carbocycles. The molecule has 0 saturated heterocycles. The molecular formula is C12H16Cl3FN2O2. The lowest BCUT2D eigenvalue weighted by Gasteiger charge is -2.19. The topological polar surface area (TPSA) is 64.3 Å². The molecule has 4 nitrogen and oxygen atoms in total. The van der Waals surface area contributed by atoms with E-state index >= 15 is 0 Å². The van der Waals surface area contributed by atoms with Gasteiger partial charge in [-0.15, -0.1) is 12.4 Å². The van der Waals surface area contributed by atoms with Gasteiger partial charge in [0.1, 0.15) is 11.9 Å². The van der Waals surface area contributed by atoms with Crippen LogP contribution in [-0.4, -0.2) is 25.7 Å². The average molecular weight is 346 g/mol. The molecule has 0 fully saturated rings. The molecule has 114 valence electrons. The van der Waals surface area contributed by atoms with Crippen molar-refractivity contribution in [3.63, 3.8) is 0 Å². The van der Waals surface area contributed by atoms with Gasteiger partial charge in [0.15, 0.2) is 0 Å². The third-order valence-electron chi connectivity index (χ3n) is 2.55. The van der Waals surface area contributed by atoms with Crippen LogP contribution in [0.15, 0.2) is 12.1 Å². The Morgan fingerprint density at radius 3 is 2.65 bits per heavy atom. The molecular weight excluding hydrogens is 330 g/mol. The van der Waals surface area contributed by atoms with Gasteiger partial charge in [-0.05, 0) is 19.1 Å². The first-order valence-electron chi connectivity index (χ1n) is 5.56. The zero-order chi connectivity index (χ0) is 14.6. The number of rotatable bonds is 5. The summed E-state index contributed by atoms with van der Waals surface area (Å²) < 4.78 is 18.2. The first-order valence-corrected chi connectivity index (χ1v) is 6.32. The van der Waals surface area contributed by atoms with E-state index in [2.05, 4.69) is 5.32 Å². The van der Waals surface area contributed by atoms with E-state index < -0.39 is 23.8 Å². The van der Waals surface area contributed by atoms with Gasteiger partial charge in [0.25, 0.3) is 0 Å². The Morgan fingerprint density at radius 1 is 1.50 bits per heavy atom. The molecule has 8 heteroatoms. The molecule has 0 aromatic heterocycles. The second kappa shape index (κ2) is 8.64. The van der Waals surface area contributed by atoms with Crippen molar-refractivity contribution >= 4 is 41.5 Å². The van der Waals surface area contributed by atoms with Crippen LogP contribution in [0.5, 0.6) is 0 Å². The zero-order valence-corrected chi connectivity index (χ0v) is 13.3. The maximum absolute atomic E-state index is 13.4.